The zero-order chi connectivity index (χ0) is 35.8. The van der Waals surface area contributed by atoms with Crippen molar-refractivity contribution in [2.24, 2.45) is 0 Å². The van der Waals surface area contributed by atoms with Gasteiger partial charge in [0.25, 0.3) is 5.56 Å². The summed E-state index contributed by atoms with van der Waals surface area (Å²) in [6.45, 7) is 8.39. The molecule has 49 heavy (non-hydrogen) atoms. The summed E-state index contributed by atoms with van der Waals surface area (Å²) in [6, 6.07) is 16.8. The lowest BCUT2D eigenvalue weighted by atomic mass is 10.0. The molecule has 0 aliphatic carbocycles. The Labute approximate surface area is 285 Å². The van der Waals surface area contributed by atoms with Crippen LogP contribution in [0.5, 0.6) is 0 Å². The van der Waals surface area contributed by atoms with Crippen LogP contribution >= 0.6 is 11.8 Å². The van der Waals surface area contributed by atoms with Crippen molar-refractivity contribution in [2.75, 3.05) is 26.2 Å². The first-order valence-corrected chi connectivity index (χ1v) is 16.7. The summed E-state index contributed by atoms with van der Waals surface area (Å²) in [5, 5.41) is 4.58. The van der Waals surface area contributed by atoms with Gasteiger partial charge < -0.3 is 9.80 Å². The van der Waals surface area contributed by atoms with Gasteiger partial charge in [-0.15, -0.1) is 0 Å². The average molecular weight is 706 g/mol. The summed E-state index contributed by atoms with van der Waals surface area (Å²) in [4.78, 5) is 34.5. The van der Waals surface area contributed by atoms with Crippen LogP contribution in [0.2, 0.25) is 0 Å². The maximum absolute atomic E-state index is 13.9. The molecule has 0 aliphatic heterocycles. The second-order valence-electron chi connectivity index (χ2n) is 11.3. The number of halogens is 6. The van der Waals surface area contributed by atoms with Crippen molar-refractivity contribution in [3.63, 3.8) is 0 Å². The molecule has 4 rings (SSSR count). The predicted molar refractivity (Wildman–Crippen MR) is 177 cm³/mol. The number of nitrogens with zero attached hydrogens (tertiary/aromatic N) is 5. The van der Waals surface area contributed by atoms with Crippen LogP contribution < -0.4 is 5.56 Å². The smallest absolute Gasteiger partial charge is 0.335 e. The van der Waals surface area contributed by atoms with E-state index in [1.165, 1.54) is 28.9 Å². The Balaban J connectivity index is 1.54. The molecule has 14 heteroatoms. The molecule has 1 amide bonds. The van der Waals surface area contributed by atoms with Crippen LogP contribution in [-0.4, -0.2) is 56.7 Å². The molecule has 0 saturated heterocycles. The van der Waals surface area contributed by atoms with E-state index < -0.39 is 29.0 Å². The molecule has 4 aromatic rings. The van der Waals surface area contributed by atoms with Crippen LogP contribution in [-0.2, 0) is 42.4 Å². The normalized spacial score (nSPS) is 12.0. The number of alkyl halides is 6. The molecule has 3 aromatic carbocycles. The fourth-order valence-corrected chi connectivity index (χ4v) is 5.90. The Bertz CT molecular complexity index is 1740. The molecular weight excluding hydrogens is 668 g/mol. The van der Waals surface area contributed by atoms with Gasteiger partial charge in [-0.25, -0.2) is 4.68 Å². The number of benzene rings is 3. The molecule has 0 radical (unpaired) electrons. The number of carbonyl (C=O) groups excluding carboxylic acids is 1. The van der Waals surface area contributed by atoms with Gasteiger partial charge in [0.15, 0.2) is 5.16 Å². The maximum atomic E-state index is 13.9. The molecule has 0 saturated carbocycles. The third-order valence-corrected chi connectivity index (χ3v) is 9.02. The summed E-state index contributed by atoms with van der Waals surface area (Å²) in [5.41, 5.74) is 0.881. The Morgan fingerprint density at radius 1 is 0.755 bits per heavy atom. The standard InChI is InChI=1S/C35H37F6N5O2S/c1-4-30-32(48)42-33(49-23-25-9-15-28(16-10-25)34(36,37)38)46(43-30)22-31(47)45(20-19-44(5-2)6-3)21-24-7-11-26(12-8-24)27-13-17-29(18-14-27)35(39,40)41/h7-18H,4-6,19-23H2,1-3H3. The lowest BCUT2D eigenvalue weighted by molar-refractivity contribution is -0.138. The first-order valence-electron chi connectivity index (χ1n) is 15.7. The van der Waals surface area contributed by atoms with Gasteiger partial charge in [0.2, 0.25) is 5.91 Å². The van der Waals surface area contributed by atoms with Crippen molar-refractivity contribution in [3.05, 3.63) is 111 Å². The topological polar surface area (TPSA) is 71.3 Å². The highest BCUT2D eigenvalue weighted by molar-refractivity contribution is 7.98. The highest BCUT2D eigenvalue weighted by Gasteiger charge is 2.31. The lowest BCUT2D eigenvalue weighted by Crippen LogP contribution is -2.40. The fourth-order valence-electron chi connectivity index (χ4n) is 5.01. The number of hydrogen-bond donors (Lipinski definition) is 0. The third kappa shape index (κ3) is 10.4. The van der Waals surface area contributed by atoms with E-state index in [1.807, 2.05) is 26.0 Å². The molecule has 262 valence electrons. The molecule has 7 nitrogen and oxygen atoms in total. The highest BCUT2D eigenvalue weighted by atomic mass is 32.2. The quantitative estimate of drug-likeness (QED) is 0.0997. The van der Waals surface area contributed by atoms with E-state index in [1.54, 1.807) is 24.0 Å². The Morgan fingerprint density at radius 2 is 1.27 bits per heavy atom. The SMILES string of the molecule is CCc1nn(CC(=O)N(CCN(CC)CC)Cc2ccc(-c3ccc(C(F)(F)F)cc3)cc2)c(SCc2ccc(C(F)(F)F)cc2)nc1=O. The molecule has 0 atom stereocenters. The van der Waals surface area contributed by atoms with E-state index in [0.717, 1.165) is 60.2 Å². The van der Waals surface area contributed by atoms with Crippen LogP contribution in [0.3, 0.4) is 0 Å². The molecular formula is C35H37F6N5O2S. The number of thioether (sulfide) groups is 1. The van der Waals surface area contributed by atoms with Gasteiger partial charge in [0, 0.05) is 25.4 Å². The van der Waals surface area contributed by atoms with Crippen molar-refractivity contribution in [1.29, 1.82) is 0 Å². The van der Waals surface area contributed by atoms with Crippen LogP contribution in [0, 0.1) is 0 Å². The molecule has 0 fully saturated rings. The number of likely N-dealkylation sites (N-methyl/N-ethyl adjacent to an activating group) is 1. The van der Waals surface area contributed by atoms with Crippen LogP contribution in [0.1, 0.15) is 48.7 Å². The molecule has 1 heterocycles. The Hall–Kier alpha value is -4.17. The molecule has 0 bridgehead atoms. The summed E-state index contributed by atoms with van der Waals surface area (Å²) in [5.74, 6) is -0.0848. The van der Waals surface area contributed by atoms with E-state index in [9.17, 15) is 35.9 Å². The molecule has 0 N–H and O–H groups in total. The van der Waals surface area contributed by atoms with E-state index in [4.69, 9.17) is 0 Å². The van der Waals surface area contributed by atoms with E-state index >= 15 is 0 Å². The second kappa shape index (κ2) is 16.5. The number of rotatable bonds is 14. The van der Waals surface area contributed by atoms with Crippen LogP contribution in [0.25, 0.3) is 11.1 Å². The molecule has 0 unspecified atom stereocenters. The number of hydrogen-bond acceptors (Lipinski definition) is 6. The molecule has 0 aliphatic rings. The van der Waals surface area contributed by atoms with E-state index in [0.29, 0.717) is 30.6 Å². The fraction of sp³-hybridized carbons (Fsp3) is 0.371. The van der Waals surface area contributed by atoms with Crippen molar-refractivity contribution in [2.45, 2.75) is 63.5 Å². The van der Waals surface area contributed by atoms with E-state index in [-0.39, 0.29) is 35.6 Å². The third-order valence-electron chi connectivity index (χ3n) is 7.98. The van der Waals surface area contributed by atoms with Crippen molar-refractivity contribution in [3.8, 4) is 11.1 Å². The lowest BCUT2D eigenvalue weighted by Gasteiger charge is -2.27. The van der Waals surface area contributed by atoms with E-state index in [2.05, 4.69) is 15.0 Å². The number of aryl methyl sites for hydroxylation is 1. The van der Waals surface area contributed by atoms with Gasteiger partial charge in [-0.3, -0.25) is 9.59 Å². The van der Waals surface area contributed by atoms with Gasteiger partial charge >= 0.3 is 12.4 Å². The van der Waals surface area contributed by atoms with Gasteiger partial charge in [0.1, 0.15) is 12.2 Å². The minimum absolute atomic E-state index is 0.167. The van der Waals surface area contributed by atoms with Gasteiger partial charge in [-0.05, 0) is 66.0 Å². The minimum Gasteiger partial charge on any atom is -0.335 e. The van der Waals surface area contributed by atoms with Crippen LogP contribution in [0.15, 0.2) is 82.7 Å². The van der Waals surface area contributed by atoms with Gasteiger partial charge in [-0.2, -0.15) is 36.4 Å². The van der Waals surface area contributed by atoms with Crippen molar-refractivity contribution >= 4 is 17.7 Å². The largest absolute Gasteiger partial charge is 0.416 e. The zero-order valence-corrected chi connectivity index (χ0v) is 28.1. The number of amides is 1. The first kappa shape index (κ1) is 37.6. The summed E-state index contributed by atoms with van der Waals surface area (Å²) < 4.78 is 79.4. The first-order chi connectivity index (χ1) is 23.2. The summed E-state index contributed by atoms with van der Waals surface area (Å²) in [7, 11) is 0. The number of carbonyl (C=O) groups is 1. The van der Waals surface area contributed by atoms with Crippen molar-refractivity contribution < 1.29 is 31.1 Å². The Kier molecular flexibility index (Phi) is 12.7. The van der Waals surface area contributed by atoms with Crippen molar-refractivity contribution in [1.82, 2.24) is 24.6 Å². The predicted octanol–water partition coefficient (Wildman–Crippen LogP) is 7.57. The maximum Gasteiger partial charge on any atom is 0.416 e. The van der Waals surface area contributed by atoms with Crippen LogP contribution in [0.4, 0.5) is 26.3 Å². The molecule has 0 spiro atoms. The summed E-state index contributed by atoms with van der Waals surface area (Å²) in [6.07, 6.45) is -8.59. The second-order valence-corrected chi connectivity index (χ2v) is 12.2. The summed E-state index contributed by atoms with van der Waals surface area (Å²) >= 11 is 1.10. The minimum atomic E-state index is -4.46. The molecule has 1 aromatic heterocycles. The Morgan fingerprint density at radius 3 is 1.78 bits per heavy atom. The monoisotopic (exact) mass is 705 g/mol. The van der Waals surface area contributed by atoms with Gasteiger partial charge in [0.05, 0.1) is 11.1 Å². The van der Waals surface area contributed by atoms with Gasteiger partial charge in [-0.1, -0.05) is 81.1 Å². The highest BCUT2D eigenvalue weighted by Crippen LogP contribution is 2.32. The average Bonchev–Trinajstić information content (AvgIpc) is 3.07. The zero-order valence-electron chi connectivity index (χ0n) is 27.3. The number of aromatic nitrogens is 3.